The summed E-state index contributed by atoms with van der Waals surface area (Å²) >= 11 is 0. The van der Waals surface area contributed by atoms with Gasteiger partial charge in [0.25, 0.3) is 0 Å². The van der Waals surface area contributed by atoms with Crippen LogP contribution in [0.2, 0.25) is 0 Å². The number of hydrogen-bond acceptors (Lipinski definition) is 1. The van der Waals surface area contributed by atoms with Gasteiger partial charge in [-0.2, -0.15) is 0 Å². The number of hydrogen-bond donors (Lipinski definition) is 0. The molecule has 1 spiro atoms. The molecule has 0 bridgehead atoms. The summed E-state index contributed by atoms with van der Waals surface area (Å²) in [5.74, 6) is 0. The fraction of sp³-hybridized carbons (Fsp3) is 0.0847. The molecule has 1 fully saturated rings. The lowest BCUT2D eigenvalue weighted by Gasteiger charge is -2.30. The fourth-order valence-corrected chi connectivity index (χ4v) is 11.0. The molecule has 0 atom stereocenters. The number of benzene rings is 10. The van der Waals surface area contributed by atoms with E-state index in [2.05, 4.69) is 217 Å². The summed E-state index contributed by atoms with van der Waals surface area (Å²) in [6, 6.07) is 79.1. The van der Waals surface area contributed by atoms with Crippen LogP contribution in [0.25, 0.3) is 76.8 Å². The van der Waals surface area contributed by atoms with E-state index in [1.54, 1.807) is 0 Å². The van der Waals surface area contributed by atoms with E-state index in [9.17, 15) is 0 Å². The molecule has 0 unspecified atom stereocenters. The third-order valence-electron chi connectivity index (χ3n) is 13.6. The van der Waals surface area contributed by atoms with Crippen molar-refractivity contribution in [2.24, 2.45) is 0 Å². The summed E-state index contributed by atoms with van der Waals surface area (Å²) in [5, 5.41) is 7.59. The first-order chi connectivity index (χ1) is 29.8. The molecule has 0 aliphatic heterocycles. The van der Waals surface area contributed by atoms with Gasteiger partial charge in [-0.15, -0.1) is 0 Å². The average molecular weight is 766 g/mol. The number of para-hydroxylation sites is 1. The minimum Gasteiger partial charge on any atom is -0.310 e. The maximum absolute atomic E-state index is 2.53. The van der Waals surface area contributed by atoms with Crippen LogP contribution in [-0.4, -0.2) is 0 Å². The topological polar surface area (TPSA) is 3.24 Å². The van der Waals surface area contributed by atoms with Crippen molar-refractivity contribution in [2.75, 3.05) is 4.90 Å². The van der Waals surface area contributed by atoms with Crippen LogP contribution in [0.1, 0.15) is 36.8 Å². The molecule has 0 saturated heterocycles. The van der Waals surface area contributed by atoms with Crippen LogP contribution in [0.5, 0.6) is 0 Å². The Bertz CT molecular complexity index is 3230. The highest BCUT2D eigenvalue weighted by atomic mass is 15.1. The smallest absolute Gasteiger partial charge is 0.0468 e. The zero-order valence-electron chi connectivity index (χ0n) is 33.5. The van der Waals surface area contributed by atoms with Crippen LogP contribution in [0.3, 0.4) is 0 Å². The SMILES string of the molecule is c1ccc(-c2cc(-c3ccccc3)c3c4ccccc4c4cc(N(c5ccccc5)c5ccc6c(c5)C5(CCCC5)c5ccccc5-6)ccc4c3c2-c2ccccc2)cc1. The largest absolute Gasteiger partial charge is 0.310 e. The predicted octanol–water partition coefficient (Wildman–Crippen LogP) is 16.5. The van der Waals surface area contributed by atoms with Crippen molar-refractivity contribution < 1.29 is 0 Å². The van der Waals surface area contributed by atoms with Gasteiger partial charge in [0.1, 0.15) is 0 Å². The maximum atomic E-state index is 2.53. The van der Waals surface area contributed by atoms with Gasteiger partial charge < -0.3 is 4.90 Å². The van der Waals surface area contributed by atoms with Gasteiger partial charge in [-0.3, -0.25) is 0 Å². The Labute approximate surface area is 351 Å². The monoisotopic (exact) mass is 765 g/mol. The average Bonchev–Trinajstić information content (AvgIpc) is 3.93. The van der Waals surface area contributed by atoms with Crippen molar-refractivity contribution in [3.63, 3.8) is 0 Å². The normalized spacial score (nSPS) is 13.9. The van der Waals surface area contributed by atoms with E-state index in [1.165, 1.54) is 119 Å². The number of anilines is 3. The van der Waals surface area contributed by atoms with Crippen LogP contribution in [0.4, 0.5) is 17.1 Å². The Kier molecular flexibility index (Phi) is 8.10. The number of nitrogens with zero attached hydrogens (tertiary/aromatic N) is 1. The highest BCUT2D eigenvalue weighted by molar-refractivity contribution is 6.33. The van der Waals surface area contributed by atoms with Crippen LogP contribution in [0.15, 0.2) is 212 Å². The molecular weight excluding hydrogens is 723 g/mol. The predicted molar refractivity (Wildman–Crippen MR) is 255 cm³/mol. The Hall–Kier alpha value is -7.22. The lowest BCUT2D eigenvalue weighted by atomic mass is 9.76. The van der Waals surface area contributed by atoms with E-state index in [1.807, 2.05) is 0 Å². The van der Waals surface area contributed by atoms with Gasteiger partial charge >= 0.3 is 0 Å². The Morgan fingerprint density at radius 3 is 1.57 bits per heavy atom. The van der Waals surface area contributed by atoms with Crippen molar-refractivity contribution >= 4 is 49.4 Å². The summed E-state index contributed by atoms with van der Waals surface area (Å²) in [6.45, 7) is 0. The van der Waals surface area contributed by atoms with Crippen molar-refractivity contribution in [1.82, 2.24) is 0 Å². The second kappa shape index (κ2) is 14.0. The first-order valence-electron chi connectivity index (χ1n) is 21.5. The molecule has 10 aromatic rings. The van der Waals surface area contributed by atoms with E-state index in [0.717, 1.165) is 11.4 Å². The van der Waals surface area contributed by atoms with E-state index < -0.39 is 0 Å². The van der Waals surface area contributed by atoms with Gasteiger partial charge in [0.2, 0.25) is 0 Å². The van der Waals surface area contributed by atoms with Crippen LogP contribution in [-0.2, 0) is 5.41 Å². The Morgan fingerprint density at radius 1 is 0.317 bits per heavy atom. The molecule has 0 aromatic heterocycles. The zero-order chi connectivity index (χ0) is 39.6. The molecule has 0 heterocycles. The molecule has 0 radical (unpaired) electrons. The molecule has 12 rings (SSSR count). The van der Waals surface area contributed by atoms with Gasteiger partial charge in [-0.25, -0.2) is 0 Å². The third-order valence-corrected chi connectivity index (χ3v) is 13.6. The zero-order valence-corrected chi connectivity index (χ0v) is 33.5. The van der Waals surface area contributed by atoms with Crippen LogP contribution >= 0.6 is 0 Å². The molecule has 1 nitrogen and oxygen atoms in total. The molecule has 2 aliphatic rings. The minimum atomic E-state index is 0.0869. The van der Waals surface area contributed by atoms with Crippen molar-refractivity contribution in [3.05, 3.63) is 223 Å². The van der Waals surface area contributed by atoms with Crippen molar-refractivity contribution in [2.45, 2.75) is 31.1 Å². The fourth-order valence-electron chi connectivity index (χ4n) is 11.0. The Balaban J connectivity index is 1.17. The van der Waals surface area contributed by atoms with Gasteiger partial charge in [0.05, 0.1) is 0 Å². The number of rotatable bonds is 6. The maximum Gasteiger partial charge on any atom is 0.0468 e. The van der Waals surface area contributed by atoms with Gasteiger partial charge in [-0.1, -0.05) is 183 Å². The first-order valence-corrected chi connectivity index (χ1v) is 21.5. The summed E-state index contributed by atoms with van der Waals surface area (Å²) < 4.78 is 0. The molecule has 2 aliphatic carbocycles. The highest BCUT2D eigenvalue weighted by Gasteiger charge is 2.45. The van der Waals surface area contributed by atoms with Crippen molar-refractivity contribution in [3.8, 4) is 44.5 Å². The molecule has 0 amide bonds. The molecule has 0 N–H and O–H groups in total. The minimum absolute atomic E-state index is 0.0869. The first kappa shape index (κ1) is 34.8. The number of fused-ring (bicyclic) bond motifs is 11. The molecular formula is C59H43N. The highest BCUT2D eigenvalue weighted by Crippen LogP contribution is 2.58. The quantitative estimate of drug-likeness (QED) is 0.152. The van der Waals surface area contributed by atoms with E-state index in [0.29, 0.717) is 0 Å². The van der Waals surface area contributed by atoms with Gasteiger partial charge in [0.15, 0.2) is 0 Å². The molecule has 1 heteroatoms. The van der Waals surface area contributed by atoms with E-state index in [4.69, 9.17) is 0 Å². The lowest BCUT2D eigenvalue weighted by Crippen LogP contribution is -2.21. The molecule has 284 valence electrons. The van der Waals surface area contributed by atoms with E-state index in [-0.39, 0.29) is 5.41 Å². The Morgan fingerprint density at radius 2 is 0.850 bits per heavy atom. The van der Waals surface area contributed by atoms with Crippen molar-refractivity contribution in [1.29, 1.82) is 0 Å². The molecule has 1 saturated carbocycles. The second-order valence-electron chi connectivity index (χ2n) is 16.7. The standard InChI is InChI=1S/C59H43N/c1-5-19-40(20-6-1)51-39-52(41-21-7-2-8-22-41)57-49-29-14-13-27-46(49)53-37-44(32-34-50(53)58(57)56(51)42-23-9-3-10-24-42)60(43-25-11-4-12-26-43)45-31-33-48-47-28-15-16-30-54(47)59(55(48)38-45)35-17-18-36-59/h1-16,19-34,37-39H,17-18,35-36H2. The summed E-state index contributed by atoms with van der Waals surface area (Å²) in [6.07, 6.45) is 4.96. The van der Waals surface area contributed by atoms with Crippen LogP contribution < -0.4 is 4.90 Å². The second-order valence-corrected chi connectivity index (χ2v) is 16.7. The van der Waals surface area contributed by atoms with Gasteiger partial charge in [0, 0.05) is 22.5 Å². The molecule has 60 heavy (non-hydrogen) atoms. The van der Waals surface area contributed by atoms with Gasteiger partial charge in [-0.05, 0) is 143 Å². The van der Waals surface area contributed by atoms with Crippen LogP contribution in [0, 0.1) is 0 Å². The summed E-state index contributed by atoms with van der Waals surface area (Å²) in [7, 11) is 0. The molecule has 10 aromatic carbocycles. The van der Waals surface area contributed by atoms with E-state index >= 15 is 0 Å². The lowest BCUT2D eigenvalue weighted by molar-refractivity contribution is 0.550. The summed E-state index contributed by atoms with van der Waals surface area (Å²) in [5.41, 5.74) is 16.8. The summed E-state index contributed by atoms with van der Waals surface area (Å²) in [4.78, 5) is 2.48. The third kappa shape index (κ3) is 5.32.